The van der Waals surface area contributed by atoms with E-state index in [1.807, 2.05) is 4.72 Å². The fourth-order valence-electron chi connectivity index (χ4n) is 5.26. The number of carbonyl (C=O) groups is 1. The minimum atomic E-state index is -4.34. The molecule has 2 fully saturated rings. The van der Waals surface area contributed by atoms with Crippen LogP contribution in [0.25, 0.3) is 5.82 Å². The summed E-state index contributed by atoms with van der Waals surface area (Å²) in [5.41, 5.74) is -1.84. The summed E-state index contributed by atoms with van der Waals surface area (Å²) in [6.45, 7) is 5.74. The summed E-state index contributed by atoms with van der Waals surface area (Å²) in [6, 6.07) is 8.58. The van der Waals surface area contributed by atoms with Crippen LogP contribution in [0, 0.1) is 11.3 Å². The van der Waals surface area contributed by atoms with E-state index in [9.17, 15) is 26.4 Å². The second kappa shape index (κ2) is 12.2. The Hall–Kier alpha value is -3.43. The number of amides is 1. The van der Waals surface area contributed by atoms with Crippen LogP contribution in [-0.2, 0) is 10.0 Å². The van der Waals surface area contributed by atoms with E-state index in [0.29, 0.717) is 18.3 Å². The zero-order chi connectivity index (χ0) is 31.8. The van der Waals surface area contributed by atoms with Crippen LogP contribution in [-0.4, -0.2) is 65.5 Å². The Bertz CT molecular complexity index is 1630. The van der Waals surface area contributed by atoms with Crippen molar-refractivity contribution in [2.24, 2.45) is 11.3 Å². The van der Waals surface area contributed by atoms with E-state index in [2.05, 4.69) is 39.5 Å². The molecule has 3 aromatic rings. The summed E-state index contributed by atoms with van der Waals surface area (Å²) in [4.78, 5) is 21.1. The number of halogens is 4. The summed E-state index contributed by atoms with van der Waals surface area (Å²) in [5.74, 6) is 0.102. The molecule has 0 bridgehead atoms. The van der Waals surface area contributed by atoms with Crippen LogP contribution in [0.5, 0.6) is 5.88 Å². The molecule has 5 rings (SSSR count). The smallest absolute Gasteiger partial charge is 0.394 e. The second-order valence-corrected chi connectivity index (χ2v) is 13.6. The highest BCUT2D eigenvalue weighted by Crippen LogP contribution is 2.59. The molecule has 44 heavy (non-hydrogen) atoms. The number of nitrogens with zero attached hydrogens (tertiary/aromatic N) is 4. The van der Waals surface area contributed by atoms with Gasteiger partial charge in [-0.15, -0.1) is 5.10 Å². The highest BCUT2D eigenvalue weighted by Gasteiger charge is 2.62. The van der Waals surface area contributed by atoms with Gasteiger partial charge in [0.25, 0.3) is 15.9 Å². The third kappa shape index (κ3) is 7.10. The van der Waals surface area contributed by atoms with E-state index < -0.39 is 27.5 Å². The van der Waals surface area contributed by atoms with Gasteiger partial charge in [0.1, 0.15) is 11.0 Å². The molecular weight excluding hydrogens is 623 g/mol. The van der Waals surface area contributed by atoms with Crippen molar-refractivity contribution in [3.05, 3.63) is 53.3 Å². The van der Waals surface area contributed by atoms with Crippen molar-refractivity contribution in [3.8, 4) is 11.7 Å². The van der Waals surface area contributed by atoms with Crippen LogP contribution >= 0.6 is 11.6 Å². The lowest BCUT2D eigenvalue weighted by Gasteiger charge is -2.27. The van der Waals surface area contributed by atoms with E-state index in [0.717, 1.165) is 19.4 Å². The first-order valence-electron chi connectivity index (χ1n) is 14.1. The molecule has 3 aromatic heterocycles. The van der Waals surface area contributed by atoms with Crippen LogP contribution < -0.4 is 20.1 Å². The SMILES string of the molecule is CC1(C)NCCC1CCNc1cccc(S(=O)(=O)NC(=O)c2ccc(-n3ccc(OCCC4(C(F)(F)F)CC4)n3)nc2Cl)n1. The Kier molecular flexibility index (Phi) is 8.84. The number of hydrogen-bond acceptors (Lipinski definition) is 9. The Morgan fingerprint density at radius 3 is 2.61 bits per heavy atom. The van der Waals surface area contributed by atoms with Gasteiger partial charge in [-0.25, -0.2) is 19.4 Å². The molecule has 0 aromatic carbocycles. The molecular formula is C28H33ClF3N7O4S. The average molecular weight is 656 g/mol. The molecule has 11 nitrogen and oxygen atoms in total. The monoisotopic (exact) mass is 655 g/mol. The Balaban J connectivity index is 1.17. The lowest BCUT2D eigenvalue weighted by atomic mass is 9.86. The van der Waals surface area contributed by atoms with Gasteiger partial charge in [0.05, 0.1) is 17.6 Å². The first kappa shape index (κ1) is 32.0. The molecule has 1 saturated carbocycles. The molecule has 4 heterocycles. The number of rotatable bonds is 12. The molecule has 1 amide bonds. The van der Waals surface area contributed by atoms with Gasteiger partial charge in [-0.3, -0.25) is 4.79 Å². The van der Waals surface area contributed by atoms with Crippen LogP contribution in [0.1, 0.15) is 56.3 Å². The number of sulfonamides is 1. The van der Waals surface area contributed by atoms with Gasteiger partial charge in [0, 0.05) is 24.3 Å². The highest BCUT2D eigenvalue weighted by atomic mass is 35.5. The van der Waals surface area contributed by atoms with E-state index >= 15 is 0 Å². The van der Waals surface area contributed by atoms with Gasteiger partial charge in [-0.05, 0) is 82.7 Å². The van der Waals surface area contributed by atoms with Gasteiger partial charge < -0.3 is 15.4 Å². The van der Waals surface area contributed by atoms with Crippen molar-refractivity contribution in [1.29, 1.82) is 0 Å². The van der Waals surface area contributed by atoms with Crippen molar-refractivity contribution in [1.82, 2.24) is 29.8 Å². The number of aromatic nitrogens is 4. The highest BCUT2D eigenvalue weighted by molar-refractivity contribution is 7.90. The van der Waals surface area contributed by atoms with Crippen LogP contribution in [0.2, 0.25) is 5.15 Å². The van der Waals surface area contributed by atoms with Crippen molar-refractivity contribution in [2.75, 3.05) is 25.0 Å². The molecule has 1 aliphatic heterocycles. The number of anilines is 1. The van der Waals surface area contributed by atoms with Crippen LogP contribution in [0.3, 0.4) is 0 Å². The second-order valence-electron chi connectivity index (χ2n) is 11.6. The fourth-order valence-corrected chi connectivity index (χ4v) is 6.43. The summed E-state index contributed by atoms with van der Waals surface area (Å²) in [6.07, 6.45) is -0.823. The number of alkyl halides is 3. The van der Waals surface area contributed by atoms with Gasteiger partial charge in [0.2, 0.25) is 5.88 Å². The third-order valence-electron chi connectivity index (χ3n) is 8.28. The maximum atomic E-state index is 13.1. The van der Waals surface area contributed by atoms with Crippen LogP contribution in [0.4, 0.5) is 19.0 Å². The van der Waals surface area contributed by atoms with Crippen molar-refractivity contribution >= 4 is 33.3 Å². The molecule has 1 unspecified atom stereocenters. The molecule has 238 valence electrons. The lowest BCUT2D eigenvalue weighted by Crippen LogP contribution is -2.38. The van der Waals surface area contributed by atoms with Gasteiger partial charge in [-0.2, -0.15) is 21.6 Å². The Morgan fingerprint density at radius 1 is 1.18 bits per heavy atom. The molecule has 16 heteroatoms. The lowest BCUT2D eigenvalue weighted by molar-refractivity contribution is -0.190. The minimum absolute atomic E-state index is 0.0382. The van der Waals surface area contributed by atoms with E-state index in [4.69, 9.17) is 16.3 Å². The summed E-state index contributed by atoms with van der Waals surface area (Å²) in [7, 11) is -4.34. The summed E-state index contributed by atoms with van der Waals surface area (Å²) >= 11 is 6.22. The largest absolute Gasteiger partial charge is 0.477 e. The number of ether oxygens (including phenoxy) is 1. The number of carbonyl (C=O) groups excluding carboxylic acids is 1. The fraction of sp³-hybridized carbons (Fsp3) is 0.500. The Morgan fingerprint density at radius 2 is 1.95 bits per heavy atom. The number of nitrogens with one attached hydrogen (secondary N) is 3. The third-order valence-corrected chi connectivity index (χ3v) is 9.80. The van der Waals surface area contributed by atoms with Gasteiger partial charge >= 0.3 is 6.18 Å². The molecule has 2 aliphatic rings. The minimum Gasteiger partial charge on any atom is -0.477 e. The molecule has 0 radical (unpaired) electrons. The molecule has 3 N–H and O–H groups in total. The van der Waals surface area contributed by atoms with Gasteiger partial charge in [0.15, 0.2) is 10.8 Å². The first-order chi connectivity index (χ1) is 20.7. The zero-order valence-electron chi connectivity index (χ0n) is 24.1. The van der Waals surface area contributed by atoms with Crippen molar-refractivity contribution in [2.45, 2.75) is 62.7 Å². The maximum absolute atomic E-state index is 13.1. The normalized spacial score (nSPS) is 19.0. The standard InChI is InChI=1S/C28H33ClF3N7O4S/c1-26(2)18(9-15-34-26)8-14-33-20-4-3-5-23(35-20)44(41,42)38-25(40)19-6-7-21(36-24(19)29)39-16-10-22(37-39)43-17-13-27(11-12-27)28(30,31)32/h3-7,10,16,18,34H,8-9,11-15,17H2,1-2H3,(H,33,35)(H,38,40). The quantitative estimate of drug-likeness (QED) is 0.236. The van der Waals surface area contributed by atoms with E-state index in [1.165, 1.54) is 41.2 Å². The molecule has 0 spiro atoms. The van der Waals surface area contributed by atoms with E-state index in [1.54, 1.807) is 6.07 Å². The first-order valence-corrected chi connectivity index (χ1v) is 16.0. The predicted octanol–water partition coefficient (Wildman–Crippen LogP) is 4.74. The maximum Gasteiger partial charge on any atom is 0.394 e. The number of hydrogen-bond donors (Lipinski definition) is 3. The van der Waals surface area contributed by atoms with Crippen molar-refractivity contribution in [3.63, 3.8) is 0 Å². The summed E-state index contributed by atoms with van der Waals surface area (Å²) < 4.78 is 73.9. The average Bonchev–Trinajstić information content (AvgIpc) is 3.48. The molecule has 1 atom stereocenters. The predicted molar refractivity (Wildman–Crippen MR) is 156 cm³/mol. The molecule has 1 aliphatic carbocycles. The Labute approximate surface area is 258 Å². The van der Waals surface area contributed by atoms with E-state index in [-0.39, 0.29) is 58.8 Å². The number of pyridine rings is 2. The van der Waals surface area contributed by atoms with Crippen LogP contribution in [0.15, 0.2) is 47.6 Å². The topological polar surface area (TPSA) is 140 Å². The summed E-state index contributed by atoms with van der Waals surface area (Å²) in [5, 5.41) is 10.1. The zero-order valence-corrected chi connectivity index (χ0v) is 25.7. The molecule has 1 saturated heterocycles. The van der Waals surface area contributed by atoms with Crippen molar-refractivity contribution < 1.29 is 31.1 Å². The van der Waals surface area contributed by atoms with Gasteiger partial charge in [-0.1, -0.05) is 17.7 Å².